The van der Waals surface area contributed by atoms with E-state index in [1.807, 2.05) is 0 Å². The van der Waals surface area contributed by atoms with E-state index in [0.29, 0.717) is 47.0 Å². The van der Waals surface area contributed by atoms with Gasteiger partial charge in [-0.2, -0.15) is 79.0 Å². The number of benzene rings is 8. The Kier molecular flexibility index (Phi) is 25.1. The zero-order chi connectivity index (χ0) is 90.4. The number of aryl methyl sites for hydroxylation is 3. The van der Waals surface area contributed by atoms with Crippen molar-refractivity contribution >= 4 is 89.9 Å². The Morgan fingerprint density at radius 3 is 1.20 bits per heavy atom. The molecule has 8 aromatic rings. The summed E-state index contributed by atoms with van der Waals surface area (Å²) in [7, 11) is 0. The second kappa shape index (κ2) is 33.0. The summed E-state index contributed by atoms with van der Waals surface area (Å²) in [6.45, 7) is 7.87. The van der Waals surface area contributed by atoms with Gasteiger partial charge in [0.2, 0.25) is 16.2 Å². The number of ketones is 1. The molecule has 3 N–H and O–H groups in total. The molecule has 0 aromatic heterocycles. The van der Waals surface area contributed by atoms with Gasteiger partial charge in [0.1, 0.15) is 11.3 Å². The summed E-state index contributed by atoms with van der Waals surface area (Å²) in [4.78, 5) is 171. The third kappa shape index (κ3) is 16.4. The van der Waals surface area contributed by atoms with Gasteiger partial charge in [-0.1, -0.05) is 91.0 Å². The van der Waals surface area contributed by atoms with Crippen molar-refractivity contribution in [2.24, 2.45) is 0 Å². The molecule has 4 aliphatic rings. The third-order valence-corrected chi connectivity index (χ3v) is 18.5. The number of hydrogen-bond acceptors (Lipinski definition) is 21. The summed E-state index contributed by atoms with van der Waals surface area (Å²) in [5.41, 5.74) is -28.6. The van der Waals surface area contributed by atoms with Crippen LogP contribution in [0.15, 0.2) is 146 Å². The number of carboxylic acids is 3. The van der Waals surface area contributed by atoms with E-state index in [-0.39, 0.29) is 69.3 Å². The fourth-order valence-electron chi connectivity index (χ4n) is 13.0. The van der Waals surface area contributed by atoms with E-state index in [9.17, 15) is 156 Å². The third-order valence-electron chi connectivity index (χ3n) is 18.5. The minimum absolute atomic E-state index is 0.0130. The number of rotatable bonds is 13. The van der Waals surface area contributed by atoms with Crippen LogP contribution in [0, 0.1) is 27.7 Å². The van der Waals surface area contributed by atoms with Gasteiger partial charge in [0.05, 0.1) is 55.6 Å². The monoisotopic (exact) mass is 1710 g/mol. The van der Waals surface area contributed by atoms with Crippen molar-refractivity contribution in [1.82, 2.24) is 0 Å². The maximum atomic E-state index is 14.3. The van der Waals surface area contributed by atoms with Crippen LogP contribution in [0.25, 0.3) is 0 Å². The minimum Gasteiger partial charge on any atom is -0.478 e. The topological polar surface area (TPSA) is 372 Å². The predicted molar refractivity (Wildman–Crippen MR) is 362 cm³/mol. The van der Waals surface area contributed by atoms with Crippen LogP contribution in [0.4, 0.5) is 79.0 Å². The molecule has 4 aliphatic heterocycles. The van der Waals surface area contributed by atoms with Gasteiger partial charge in [0.25, 0.3) is 6.47 Å². The molecule has 0 radical (unpaired) electrons. The highest BCUT2D eigenvalue weighted by molar-refractivity contribution is 6.24. The van der Waals surface area contributed by atoms with Crippen molar-refractivity contribution in [3.63, 3.8) is 0 Å². The number of cyclic esters (lactones) is 8. The van der Waals surface area contributed by atoms with E-state index in [4.69, 9.17) is 10.2 Å². The number of esters is 10. The number of halogens is 18. The van der Waals surface area contributed by atoms with Crippen LogP contribution in [-0.4, -0.2) is 142 Å². The fourth-order valence-corrected chi connectivity index (χ4v) is 13.0. The van der Waals surface area contributed by atoms with Crippen LogP contribution >= 0.6 is 0 Å². The maximum Gasteiger partial charge on any atom is 0.411 e. The molecule has 8 aromatic carbocycles. The molecule has 120 heavy (non-hydrogen) atoms. The first-order valence-corrected chi connectivity index (χ1v) is 32.8. The number of hydrogen-bond donors (Lipinski definition) is 3. The number of carbonyl (C=O) groups is 15. The van der Waals surface area contributed by atoms with E-state index in [1.165, 1.54) is 89.2 Å². The van der Waals surface area contributed by atoms with Crippen LogP contribution in [0.3, 0.4) is 0 Å². The highest BCUT2D eigenvalue weighted by atomic mass is 19.4. The second-order valence-electron chi connectivity index (χ2n) is 25.5. The van der Waals surface area contributed by atoms with Crippen molar-refractivity contribution < 1.29 is 195 Å². The van der Waals surface area contributed by atoms with Crippen LogP contribution in [0.1, 0.15) is 199 Å². The van der Waals surface area contributed by atoms with Crippen molar-refractivity contribution in [2.75, 3.05) is 0 Å². The van der Waals surface area contributed by atoms with Gasteiger partial charge in [-0.05, 0) is 138 Å². The van der Waals surface area contributed by atoms with Gasteiger partial charge in [-0.25, -0.2) is 52.7 Å². The van der Waals surface area contributed by atoms with Crippen LogP contribution in [-0.2, 0) is 54.3 Å². The lowest BCUT2D eigenvalue weighted by molar-refractivity contribution is -0.290. The molecule has 0 spiro atoms. The Balaban J connectivity index is 0.000000195. The Morgan fingerprint density at radius 2 is 0.725 bits per heavy atom. The van der Waals surface area contributed by atoms with Crippen molar-refractivity contribution in [2.45, 2.75) is 94.8 Å². The molecule has 0 atom stereocenters. The maximum absolute atomic E-state index is 14.3. The van der Waals surface area contributed by atoms with Gasteiger partial charge in [0, 0.05) is 25.0 Å². The molecule has 0 saturated heterocycles. The highest BCUT2D eigenvalue weighted by Gasteiger charge is 2.76. The molecule has 42 heteroatoms. The van der Waals surface area contributed by atoms with E-state index in [0.717, 1.165) is 30.3 Å². The molecule has 0 unspecified atom stereocenters. The zero-order valence-electron chi connectivity index (χ0n) is 60.7. The first-order chi connectivity index (χ1) is 55.3. The lowest BCUT2D eigenvalue weighted by atomic mass is 9.70. The lowest BCUT2D eigenvalue weighted by Crippen LogP contribution is -2.55. The summed E-state index contributed by atoms with van der Waals surface area (Å²) in [5, 5.41) is 27.6. The molecule has 0 bridgehead atoms. The molecule has 0 amide bonds. The van der Waals surface area contributed by atoms with E-state index in [2.05, 4.69) is 28.4 Å². The summed E-state index contributed by atoms with van der Waals surface area (Å²) >= 11 is 0. The Labute approximate surface area is 656 Å². The van der Waals surface area contributed by atoms with Crippen molar-refractivity contribution in [1.29, 1.82) is 0 Å². The lowest BCUT2D eigenvalue weighted by Gasteiger charge is -2.39. The van der Waals surface area contributed by atoms with Crippen LogP contribution < -0.4 is 4.74 Å². The van der Waals surface area contributed by atoms with Gasteiger partial charge in [-0.3, -0.25) is 19.2 Å². The summed E-state index contributed by atoms with van der Waals surface area (Å²) in [6, 6.07) is 19.7. The second-order valence-corrected chi connectivity index (χ2v) is 25.5. The molecule has 12 rings (SSSR count). The van der Waals surface area contributed by atoms with Gasteiger partial charge >= 0.3 is 115 Å². The van der Waals surface area contributed by atoms with E-state index in [1.54, 1.807) is 6.92 Å². The molecule has 0 aliphatic carbocycles. The number of carbonyl (C=O) groups excluding carboxylic acids is 12. The molecule has 4 heterocycles. The van der Waals surface area contributed by atoms with E-state index >= 15 is 0 Å². The molecular formula is C78H46F18O24. The van der Waals surface area contributed by atoms with Gasteiger partial charge < -0.3 is 43.7 Å². The molecule has 0 fully saturated rings. The van der Waals surface area contributed by atoms with Crippen molar-refractivity contribution in [3.8, 4) is 5.75 Å². The average Bonchev–Trinajstić information content (AvgIpc) is 1.14. The molecule has 628 valence electrons. The Hall–Kier alpha value is -14.3. The summed E-state index contributed by atoms with van der Waals surface area (Å²) in [5.74, 6) is -18.3. The normalized spacial score (nSPS) is 13.7. The number of carboxylic acid groups (broad SMARTS) is 3. The Morgan fingerprint density at radius 1 is 0.342 bits per heavy atom. The molecular weight excluding hydrogens is 1660 g/mol. The summed E-state index contributed by atoms with van der Waals surface area (Å²) < 4.78 is 282. The number of fused-ring (bicyclic) bond motifs is 4. The molecule has 24 nitrogen and oxygen atoms in total. The largest absolute Gasteiger partial charge is 0.478 e. The predicted octanol–water partition coefficient (Wildman–Crippen LogP) is 15.4. The van der Waals surface area contributed by atoms with Crippen molar-refractivity contribution in [3.05, 3.63) is 274 Å². The van der Waals surface area contributed by atoms with Crippen LogP contribution in [0.5, 0.6) is 5.75 Å². The number of aromatic carboxylic acids is 3. The smallest absolute Gasteiger partial charge is 0.411 e. The average molecular weight is 1710 g/mol. The van der Waals surface area contributed by atoms with Gasteiger partial charge in [0.15, 0.2) is 5.78 Å². The van der Waals surface area contributed by atoms with E-state index < -0.39 is 221 Å². The quantitative estimate of drug-likeness (QED) is 0.0241. The first kappa shape index (κ1) is 91.3. The SMILES string of the molecule is CC(=O)OC(C)=O.Cc1ccc(C(c2cccc(C)c2C)(C(F)(F)F)C(F)(F)F)cc1C.O=C1OC(=O)c2cc(C(=O)c3cccc4c3C(=O)OC4=O)ccc21.O=C1OC(=O)c2cc(C(c3cccc4c3C(=O)OC4=O)(C(F)(F)F)C(F)(F)F)ccc21.O=COc1cccc(C(c2ccc(C(=O)O)c(C(=O)O)c2)(C(F)(F)F)C(F)(F)F)c1C(=O)O. The summed E-state index contributed by atoms with van der Waals surface area (Å²) in [6.07, 6.45) is -36.0. The highest BCUT2D eigenvalue weighted by Crippen LogP contribution is 2.61. The molecule has 0 saturated carbocycles. The number of ether oxygens (including phenoxy) is 6. The Bertz CT molecular complexity index is 5650. The first-order valence-electron chi connectivity index (χ1n) is 32.8. The van der Waals surface area contributed by atoms with Crippen LogP contribution in [0.2, 0.25) is 0 Å². The number of alkyl halides is 18. The fraction of sp³-hybridized carbons (Fsp3) is 0.192. The minimum atomic E-state index is -6.34. The standard InChI is InChI=1S/C19H10F6O8.C19H6F6O6.C19H18F6.C17H6O7.C4H6O3/c20-18(21,22)17(19(23,24)25,8-4-5-9(14(27)28)10(6-8)15(29)30)11-2-1-3-12(33-7-26)13(11)16(31)32;20-18(21,22)17(19(23,24)25,7-4-5-8-10(6-7)15(28)30-13(8)26)11-3-1-2-9-12(11)16(29)31-14(9)27;1-11-8-9-15(10-13(11)3)17(18(20,21)22,19(23,24)25)16-7-5-6-12(2)14(16)4;18-13(7-4-5-8-11(6-7)16(21)23-14(8)19)9-2-1-3-10-12(9)17(22)24-15(10)20;1-3(5)7-4(2)6/h1-7H,(H,27,28)(H,29,30)(H,31,32);1-6H;5-10H,1-4H3;1-6H;1-2H3. The zero-order valence-corrected chi connectivity index (χ0v) is 60.7. The van der Waals surface area contributed by atoms with Gasteiger partial charge in [-0.15, -0.1) is 0 Å².